The van der Waals surface area contributed by atoms with E-state index in [1.807, 2.05) is 19.1 Å². The van der Waals surface area contributed by atoms with E-state index < -0.39 is 10.0 Å². The van der Waals surface area contributed by atoms with Crippen molar-refractivity contribution in [1.82, 2.24) is 14.5 Å². The average molecular weight is 438 g/mol. The minimum atomic E-state index is -3.23. The maximum Gasteiger partial charge on any atom is 0.267 e. The summed E-state index contributed by atoms with van der Waals surface area (Å²) in [6, 6.07) is 10.5. The van der Waals surface area contributed by atoms with E-state index in [4.69, 9.17) is 0 Å². The number of rotatable bonds is 8. The van der Waals surface area contributed by atoms with Gasteiger partial charge in [0, 0.05) is 22.4 Å². The van der Waals surface area contributed by atoms with Crippen molar-refractivity contribution in [3.8, 4) is 10.6 Å². The predicted octanol–water partition coefficient (Wildman–Crippen LogP) is 2.32. The van der Waals surface area contributed by atoms with Gasteiger partial charge < -0.3 is 0 Å². The molecule has 0 aromatic carbocycles. The molecule has 0 saturated heterocycles. The largest absolute Gasteiger partial charge is 0.291 e. The lowest BCUT2D eigenvalue weighted by Crippen LogP contribution is -2.26. The van der Waals surface area contributed by atoms with Gasteiger partial charge in [-0.15, -0.1) is 22.7 Å². The summed E-state index contributed by atoms with van der Waals surface area (Å²) in [4.78, 5) is 28.2. The number of nitrogens with one attached hydrogen (secondary N) is 1. The first-order chi connectivity index (χ1) is 13.2. The van der Waals surface area contributed by atoms with Gasteiger partial charge in [0.25, 0.3) is 5.56 Å². The smallest absolute Gasteiger partial charge is 0.267 e. The van der Waals surface area contributed by atoms with Crippen molar-refractivity contribution < 1.29 is 13.2 Å². The molecule has 0 atom stereocenters. The Bertz CT molecular complexity index is 1160. The minimum Gasteiger partial charge on any atom is -0.291 e. The van der Waals surface area contributed by atoms with Gasteiger partial charge in [-0.2, -0.15) is 5.10 Å². The molecule has 0 aliphatic rings. The zero-order valence-corrected chi connectivity index (χ0v) is 17.8. The molecule has 0 amide bonds. The number of sulfonamides is 1. The fourth-order valence-corrected chi connectivity index (χ4v) is 4.74. The van der Waals surface area contributed by atoms with Crippen LogP contribution >= 0.6 is 22.7 Å². The van der Waals surface area contributed by atoms with Crippen LogP contribution in [-0.2, 0) is 23.0 Å². The molecule has 0 aliphatic carbocycles. The van der Waals surface area contributed by atoms with Gasteiger partial charge in [-0.05, 0) is 43.7 Å². The highest BCUT2D eigenvalue weighted by molar-refractivity contribution is 7.88. The molecule has 3 aromatic heterocycles. The third-order valence-corrected chi connectivity index (χ3v) is 6.76. The fraction of sp³-hybridized carbons (Fsp3) is 0.278. The summed E-state index contributed by atoms with van der Waals surface area (Å²) in [6.07, 6.45) is 1.60. The minimum absolute atomic E-state index is 0.140. The Kier molecular flexibility index (Phi) is 6.23. The number of carbonyl (C=O) groups is 1. The molecule has 3 heterocycles. The number of aryl methyl sites for hydroxylation is 1. The standard InChI is InChI=1S/C18H19N3O4S3/c1-12-3-6-16(26-12)14-5-8-18(23)21(20-14)11-15(22)17-7-4-13(27-17)9-10-19-28(2,24)25/h3-8,19H,9-11H2,1-2H3. The van der Waals surface area contributed by atoms with E-state index in [1.165, 1.54) is 22.1 Å². The SMILES string of the molecule is Cc1ccc(-c2ccc(=O)n(CC(=O)c3ccc(CCNS(C)(=O)=O)s3)n2)s1. The van der Waals surface area contributed by atoms with Crippen LogP contribution in [-0.4, -0.2) is 36.8 Å². The van der Waals surface area contributed by atoms with E-state index in [9.17, 15) is 18.0 Å². The molecule has 0 aliphatic heterocycles. The quantitative estimate of drug-likeness (QED) is 0.546. The van der Waals surface area contributed by atoms with Crippen LogP contribution in [0.1, 0.15) is 19.4 Å². The highest BCUT2D eigenvalue weighted by Gasteiger charge is 2.13. The van der Waals surface area contributed by atoms with E-state index in [0.29, 0.717) is 17.0 Å². The Morgan fingerprint density at radius 2 is 1.93 bits per heavy atom. The summed E-state index contributed by atoms with van der Waals surface area (Å²) in [6.45, 7) is 2.13. The Balaban J connectivity index is 1.70. The Morgan fingerprint density at radius 1 is 1.14 bits per heavy atom. The molecule has 10 heteroatoms. The van der Waals surface area contributed by atoms with Crippen LogP contribution in [0.25, 0.3) is 10.6 Å². The van der Waals surface area contributed by atoms with Crippen LogP contribution in [0.2, 0.25) is 0 Å². The van der Waals surface area contributed by atoms with Gasteiger partial charge in [0.15, 0.2) is 5.78 Å². The van der Waals surface area contributed by atoms with Crippen molar-refractivity contribution in [2.45, 2.75) is 19.9 Å². The van der Waals surface area contributed by atoms with Crippen LogP contribution in [0.15, 0.2) is 41.2 Å². The summed E-state index contributed by atoms with van der Waals surface area (Å²) in [5.74, 6) is -0.207. The molecule has 0 radical (unpaired) electrons. The van der Waals surface area contributed by atoms with Gasteiger partial charge >= 0.3 is 0 Å². The number of nitrogens with zero attached hydrogens (tertiary/aromatic N) is 2. The van der Waals surface area contributed by atoms with Crippen LogP contribution in [0.5, 0.6) is 0 Å². The average Bonchev–Trinajstić information content (AvgIpc) is 3.25. The first-order valence-corrected chi connectivity index (χ1v) is 12.0. The molecule has 0 fully saturated rings. The number of hydrogen-bond donors (Lipinski definition) is 1. The number of thiophene rings is 2. The van der Waals surface area contributed by atoms with Crippen molar-refractivity contribution in [1.29, 1.82) is 0 Å². The number of hydrogen-bond acceptors (Lipinski definition) is 7. The molecule has 0 spiro atoms. The zero-order valence-electron chi connectivity index (χ0n) is 15.3. The summed E-state index contributed by atoms with van der Waals surface area (Å²) in [5.41, 5.74) is 0.323. The molecule has 0 unspecified atom stereocenters. The third kappa shape index (κ3) is 5.44. The van der Waals surface area contributed by atoms with E-state index in [-0.39, 0.29) is 24.4 Å². The number of ketones is 1. The van der Waals surface area contributed by atoms with Crippen molar-refractivity contribution >= 4 is 38.5 Å². The monoisotopic (exact) mass is 437 g/mol. The van der Waals surface area contributed by atoms with Crippen molar-refractivity contribution in [3.05, 3.63) is 61.4 Å². The van der Waals surface area contributed by atoms with Gasteiger partial charge in [0.1, 0.15) is 12.2 Å². The molecule has 7 nitrogen and oxygen atoms in total. The van der Waals surface area contributed by atoms with Crippen molar-refractivity contribution in [3.63, 3.8) is 0 Å². The second kappa shape index (κ2) is 8.48. The second-order valence-electron chi connectivity index (χ2n) is 6.23. The fourth-order valence-electron chi connectivity index (χ4n) is 2.50. The van der Waals surface area contributed by atoms with Crippen molar-refractivity contribution in [2.24, 2.45) is 0 Å². The molecule has 1 N–H and O–H groups in total. The Morgan fingerprint density at radius 3 is 2.61 bits per heavy atom. The molecule has 3 rings (SSSR count). The number of Topliss-reactive ketones (excluding diaryl/α,β-unsaturated/α-hetero) is 1. The highest BCUT2D eigenvalue weighted by atomic mass is 32.2. The Labute approximate surface area is 170 Å². The number of aromatic nitrogens is 2. The number of carbonyl (C=O) groups excluding carboxylic acids is 1. The second-order valence-corrected chi connectivity index (χ2v) is 10.5. The lowest BCUT2D eigenvalue weighted by Gasteiger charge is -2.05. The first-order valence-electron chi connectivity index (χ1n) is 8.43. The maximum absolute atomic E-state index is 12.6. The van der Waals surface area contributed by atoms with Crippen LogP contribution < -0.4 is 10.3 Å². The van der Waals surface area contributed by atoms with Crippen LogP contribution in [0, 0.1) is 6.92 Å². The Hall–Kier alpha value is -2.14. The van der Waals surface area contributed by atoms with Gasteiger partial charge in [-0.25, -0.2) is 17.8 Å². The summed E-state index contributed by atoms with van der Waals surface area (Å²) in [7, 11) is -3.23. The molecule has 0 saturated carbocycles. The van der Waals surface area contributed by atoms with E-state index in [0.717, 1.165) is 20.9 Å². The molecular weight excluding hydrogens is 418 g/mol. The molecule has 3 aromatic rings. The topological polar surface area (TPSA) is 98.1 Å². The van der Waals surface area contributed by atoms with Gasteiger partial charge in [0.2, 0.25) is 10.0 Å². The normalized spacial score (nSPS) is 11.6. The molecular formula is C18H19N3O4S3. The van der Waals surface area contributed by atoms with Gasteiger partial charge in [-0.1, -0.05) is 0 Å². The maximum atomic E-state index is 12.6. The third-order valence-electron chi connectivity index (χ3n) is 3.82. The van der Waals surface area contributed by atoms with Crippen molar-refractivity contribution in [2.75, 3.05) is 12.8 Å². The summed E-state index contributed by atoms with van der Waals surface area (Å²) >= 11 is 2.87. The van der Waals surface area contributed by atoms with Gasteiger partial charge in [-0.3, -0.25) is 9.59 Å². The van der Waals surface area contributed by atoms with E-state index in [2.05, 4.69) is 9.82 Å². The first kappa shape index (κ1) is 20.6. The lowest BCUT2D eigenvalue weighted by molar-refractivity contribution is 0.0970. The highest BCUT2D eigenvalue weighted by Crippen LogP contribution is 2.25. The summed E-state index contributed by atoms with van der Waals surface area (Å²) in [5, 5.41) is 4.33. The molecule has 28 heavy (non-hydrogen) atoms. The van der Waals surface area contributed by atoms with Crippen LogP contribution in [0.4, 0.5) is 0 Å². The lowest BCUT2D eigenvalue weighted by atomic mass is 10.3. The van der Waals surface area contributed by atoms with Gasteiger partial charge in [0.05, 0.1) is 16.0 Å². The molecule has 148 valence electrons. The predicted molar refractivity (Wildman–Crippen MR) is 112 cm³/mol. The summed E-state index contributed by atoms with van der Waals surface area (Å²) < 4.78 is 25.8. The van der Waals surface area contributed by atoms with E-state index in [1.54, 1.807) is 29.5 Å². The molecule has 0 bridgehead atoms. The van der Waals surface area contributed by atoms with E-state index >= 15 is 0 Å². The van der Waals surface area contributed by atoms with Crippen LogP contribution in [0.3, 0.4) is 0 Å². The zero-order chi connectivity index (χ0) is 20.3.